The van der Waals surface area contributed by atoms with Crippen LogP contribution in [0.3, 0.4) is 0 Å². The van der Waals surface area contributed by atoms with Gasteiger partial charge in [0.2, 0.25) is 5.52 Å². The van der Waals surface area contributed by atoms with Crippen LogP contribution in [-0.4, -0.2) is 46.7 Å². The minimum atomic E-state index is -2.26. The molecule has 16 aromatic heterocycles. The second kappa shape index (κ2) is 16.2. The van der Waals surface area contributed by atoms with Crippen LogP contribution in [0, 0.1) is 0 Å². The Balaban J connectivity index is 0.0000000863. The van der Waals surface area contributed by atoms with Gasteiger partial charge >= 0.3 is 5.89 Å². The third kappa shape index (κ3) is 6.08. The maximum atomic E-state index is 8.00. The predicted octanol–water partition coefficient (Wildman–Crippen LogP) is 9.55. The SMILES string of the molecule is Cn1c2[n+](c3c1cc1ccccn13)Cc1cccnc1-2.[2H]C([2H])([2H])n1c2[n+](c3c1cc1ccccn13)Cc1cccnc1-2.c1cnc2c(c1)C[n+]1c-2oc2c1cc1ccccn12.c1cnc2c(c1)C[n+]1c-2sc2c1cc1ccccn12. The molecular formula is C62H46N14OS+4. The van der Waals surface area contributed by atoms with Gasteiger partial charge < -0.3 is 8.82 Å². The van der Waals surface area contributed by atoms with E-state index in [4.69, 9.17) is 8.53 Å². The Labute approximate surface area is 451 Å². The fourth-order valence-electron chi connectivity index (χ4n) is 12.4. The van der Waals surface area contributed by atoms with E-state index in [1.165, 1.54) is 64.6 Å². The molecule has 4 aliphatic rings. The number of hydrogen-bond acceptors (Lipinski definition) is 6. The lowest BCUT2D eigenvalue weighted by Gasteiger charge is -1.95. The maximum Gasteiger partial charge on any atom is 0.402 e. The molecule has 20 rings (SSSR count). The van der Waals surface area contributed by atoms with E-state index in [1.807, 2.05) is 118 Å². The maximum absolute atomic E-state index is 8.00. The lowest BCUT2D eigenvalue weighted by molar-refractivity contribution is -0.649. The average molecular weight is 1040 g/mol. The van der Waals surface area contributed by atoms with Crippen LogP contribution in [0.2, 0.25) is 0 Å². The van der Waals surface area contributed by atoms with Gasteiger partial charge in [0.1, 0.15) is 22.4 Å². The van der Waals surface area contributed by atoms with E-state index in [9.17, 15) is 0 Å². The molecule has 372 valence electrons. The van der Waals surface area contributed by atoms with Gasteiger partial charge in [-0.1, -0.05) is 36.4 Å². The highest BCUT2D eigenvalue weighted by molar-refractivity contribution is 7.20. The van der Waals surface area contributed by atoms with Crippen molar-refractivity contribution in [2.24, 2.45) is 14.0 Å². The van der Waals surface area contributed by atoms with Crippen LogP contribution in [-0.2, 0) is 40.2 Å². The highest BCUT2D eigenvalue weighted by Gasteiger charge is 2.38. The summed E-state index contributed by atoms with van der Waals surface area (Å²) in [5.74, 6) is 2.71. The van der Waals surface area contributed by atoms with Gasteiger partial charge in [-0.25, -0.2) is 37.9 Å². The van der Waals surface area contributed by atoms with Gasteiger partial charge in [-0.05, 0) is 96.3 Å². The highest BCUT2D eigenvalue weighted by Crippen LogP contribution is 2.37. The summed E-state index contributed by atoms with van der Waals surface area (Å²) < 4.78 is 51.3. The molecule has 0 aromatic carbocycles. The third-order valence-electron chi connectivity index (χ3n) is 15.8. The van der Waals surface area contributed by atoms with Crippen molar-refractivity contribution in [1.82, 2.24) is 46.7 Å². The zero-order valence-electron chi connectivity index (χ0n) is 44.9. The third-order valence-corrected chi connectivity index (χ3v) is 17.0. The molecule has 20 heterocycles. The van der Waals surface area contributed by atoms with Crippen molar-refractivity contribution in [3.05, 3.63) is 217 Å². The summed E-state index contributed by atoms with van der Waals surface area (Å²) in [4.78, 5) is 19.3. The van der Waals surface area contributed by atoms with Crippen LogP contribution in [0.5, 0.6) is 0 Å². The number of hydrogen-bond donors (Lipinski definition) is 0. The van der Waals surface area contributed by atoms with Crippen molar-refractivity contribution in [3.8, 4) is 45.3 Å². The Morgan fingerprint density at radius 1 is 0.462 bits per heavy atom. The minimum absolute atomic E-state index is 0.638. The first-order chi connectivity index (χ1) is 39.7. The van der Waals surface area contributed by atoms with E-state index in [1.54, 1.807) is 6.20 Å². The van der Waals surface area contributed by atoms with Gasteiger partial charge in [0, 0.05) is 72.6 Å². The molecule has 0 bridgehead atoms. The molecule has 0 spiro atoms. The Hall–Kier alpha value is -10.1. The number of pyridine rings is 8. The molecule has 15 nitrogen and oxygen atoms in total. The average Bonchev–Trinajstić information content (AvgIpc) is 2.73. The van der Waals surface area contributed by atoms with Gasteiger partial charge in [0.25, 0.3) is 39.2 Å². The number of aromatic nitrogens is 14. The van der Waals surface area contributed by atoms with Crippen molar-refractivity contribution >= 4 is 77.3 Å². The van der Waals surface area contributed by atoms with E-state index < -0.39 is 6.98 Å². The largest absolute Gasteiger partial charge is 0.402 e. The topological polar surface area (TPSA) is 108 Å². The summed E-state index contributed by atoms with van der Waals surface area (Å²) in [6, 6.07) is 49.6. The molecule has 0 unspecified atom stereocenters. The molecule has 16 heteroatoms. The molecule has 0 fully saturated rings. The van der Waals surface area contributed by atoms with Gasteiger partial charge in [-0.3, -0.25) is 13.5 Å². The van der Waals surface area contributed by atoms with Crippen molar-refractivity contribution in [1.29, 1.82) is 0 Å². The Morgan fingerprint density at radius 3 is 1.54 bits per heavy atom. The molecule has 16 aromatic rings. The lowest BCUT2D eigenvalue weighted by atomic mass is 10.2. The van der Waals surface area contributed by atoms with Crippen LogP contribution < -0.4 is 18.3 Å². The minimum Gasteiger partial charge on any atom is -0.379 e. The number of fused-ring (bicyclic) bond motifs is 28. The highest BCUT2D eigenvalue weighted by atomic mass is 32.1. The smallest absolute Gasteiger partial charge is 0.379 e. The molecule has 0 amide bonds. The van der Waals surface area contributed by atoms with Crippen LogP contribution in [0.25, 0.3) is 111 Å². The summed E-state index contributed by atoms with van der Waals surface area (Å²) in [6.07, 6.45) is 15.5. The van der Waals surface area contributed by atoms with E-state index in [2.05, 4.69) is 150 Å². The quantitative estimate of drug-likeness (QED) is 0.141. The second-order valence-electron chi connectivity index (χ2n) is 20.1. The summed E-state index contributed by atoms with van der Waals surface area (Å²) in [5.41, 5.74) is 20.9. The zero-order valence-corrected chi connectivity index (χ0v) is 42.7. The second-order valence-corrected chi connectivity index (χ2v) is 21.1. The van der Waals surface area contributed by atoms with Crippen molar-refractivity contribution in [2.75, 3.05) is 0 Å². The zero-order chi connectivity index (χ0) is 53.8. The lowest BCUT2D eigenvalue weighted by Crippen LogP contribution is -2.32. The van der Waals surface area contributed by atoms with Crippen LogP contribution in [0.4, 0.5) is 0 Å². The fourth-order valence-corrected chi connectivity index (χ4v) is 13.6. The van der Waals surface area contributed by atoms with E-state index in [-0.39, 0.29) is 0 Å². The first-order valence-electron chi connectivity index (χ1n) is 27.4. The van der Waals surface area contributed by atoms with Gasteiger partial charge in [0.15, 0.2) is 40.3 Å². The first kappa shape index (κ1) is 40.3. The molecule has 78 heavy (non-hydrogen) atoms. The van der Waals surface area contributed by atoms with Crippen molar-refractivity contribution in [3.63, 3.8) is 0 Å². The fraction of sp³-hybridized carbons (Fsp3) is 0.0968. The molecule has 0 saturated heterocycles. The Kier molecular flexibility index (Phi) is 8.38. The molecule has 0 aliphatic carbocycles. The summed E-state index contributed by atoms with van der Waals surface area (Å²) in [6.45, 7) is 1.05. The Morgan fingerprint density at radius 2 is 0.923 bits per heavy atom. The molecule has 0 atom stereocenters. The predicted molar refractivity (Wildman–Crippen MR) is 298 cm³/mol. The van der Waals surface area contributed by atoms with Gasteiger partial charge in [-0.2, -0.15) is 4.57 Å². The Bertz CT molecular complexity index is 5140. The summed E-state index contributed by atoms with van der Waals surface area (Å²) in [7, 11) is 2.12. The molecular weight excluding hydrogens is 989 g/mol. The normalized spacial score (nSPS) is 13.8. The number of aryl methyl sites for hydroxylation is 2. The van der Waals surface area contributed by atoms with Gasteiger partial charge in [0.05, 0.1) is 65.8 Å². The molecule has 0 radical (unpaired) electrons. The molecule has 4 aliphatic heterocycles. The standard InChI is InChI=1S/2C16H13N4.C15H10N3O.C15H10N3S/c2*1-18-13-9-12-6-2-3-8-19(12)15(13)20-10-11-5-4-7-17-14(11)16(18)20;2*1-2-7-17-11(5-1)8-12-14(17)19-15-13-10(9-18(12)15)4-3-6-16-13/h2*2-9H,10H2,1H3;2*1-8H,9H2/q4*+1/i1D3;;;. The van der Waals surface area contributed by atoms with Crippen LogP contribution in [0.1, 0.15) is 26.4 Å². The van der Waals surface area contributed by atoms with Crippen molar-refractivity contribution in [2.45, 2.75) is 26.2 Å². The van der Waals surface area contributed by atoms with E-state index >= 15 is 0 Å². The molecule has 0 N–H and O–H groups in total. The molecule has 0 saturated carbocycles. The number of rotatable bonds is 0. The monoisotopic (exact) mass is 1040 g/mol. The number of nitrogens with zero attached hydrogens (tertiary/aromatic N) is 14. The van der Waals surface area contributed by atoms with Crippen LogP contribution in [0.15, 0.2) is 200 Å². The first-order valence-corrected chi connectivity index (χ1v) is 26.7. The van der Waals surface area contributed by atoms with Crippen LogP contribution >= 0.6 is 11.3 Å². The number of oxazole rings is 1. The summed E-state index contributed by atoms with van der Waals surface area (Å²) in [5, 5.41) is 1.28. The number of imidazole rings is 2. The van der Waals surface area contributed by atoms with Crippen molar-refractivity contribution < 1.29 is 26.8 Å². The number of thiazole rings is 1. The van der Waals surface area contributed by atoms with E-state index in [0.29, 0.717) is 17.9 Å². The summed E-state index contributed by atoms with van der Waals surface area (Å²) >= 11 is 1.83. The van der Waals surface area contributed by atoms with E-state index in [0.717, 1.165) is 81.8 Å². The van der Waals surface area contributed by atoms with Gasteiger partial charge in [-0.15, -0.1) is 4.57 Å².